The lowest BCUT2D eigenvalue weighted by molar-refractivity contribution is -0.113. The Balaban J connectivity index is 1.63. The quantitative estimate of drug-likeness (QED) is 0.395. The normalized spacial score (nSPS) is 11.0. The second kappa shape index (κ2) is 9.32. The van der Waals surface area contributed by atoms with Crippen LogP contribution in [0.15, 0.2) is 47.9 Å². The number of nitrogens with one attached hydrogen (secondary N) is 1. The zero-order valence-corrected chi connectivity index (χ0v) is 19.8. The van der Waals surface area contributed by atoms with E-state index in [1.165, 1.54) is 11.8 Å². The molecule has 0 aliphatic heterocycles. The highest BCUT2D eigenvalue weighted by atomic mass is 35.5. The topological polar surface area (TPSA) is 90.5 Å². The van der Waals surface area contributed by atoms with Crippen LogP contribution in [0.4, 0.5) is 5.69 Å². The highest BCUT2D eigenvalue weighted by Crippen LogP contribution is 2.31. The van der Waals surface area contributed by atoms with Gasteiger partial charge in [-0.3, -0.25) is 19.0 Å². The van der Waals surface area contributed by atoms with E-state index in [4.69, 9.17) is 23.2 Å². The van der Waals surface area contributed by atoms with Gasteiger partial charge in [0.1, 0.15) is 0 Å². The first kappa shape index (κ1) is 22.3. The van der Waals surface area contributed by atoms with E-state index in [1.807, 2.05) is 43.7 Å². The first-order chi connectivity index (χ1) is 15.3. The first-order valence-corrected chi connectivity index (χ1v) is 11.3. The molecule has 32 heavy (non-hydrogen) atoms. The van der Waals surface area contributed by atoms with Gasteiger partial charge in [-0.2, -0.15) is 5.10 Å². The third kappa shape index (κ3) is 4.50. The largest absolute Gasteiger partial charge is 0.322 e. The molecular weight excluding hydrogens is 469 g/mol. The molecule has 0 radical (unpaired) electrons. The van der Waals surface area contributed by atoms with Crippen LogP contribution in [-0.2, 0) is 11.8 Å². The van der Waals surface area contributed by atoms with Crippen LogP contribution in [0.2, 0.25) is 10.0 Å². The molecular formula is C21H19Cl2N7OS. The SMILES string of the molecule is Cc1nn(C)c(C)c1NC(=O)CSc1nnc(-c2cccnc2)n1-c1ccc(Cl)c(Cl)c1. The van der Waals surface area contributed by atoms with Crippen molar-refractivity contribution in [2.45, 2.75) is 19.0 Å². The number of rotatable bonds is 6. The minimum Gasteiger partial charge on any atom is -0.322 e. The summed E-state index contributed by atoms with van der Waals surface area (Å²) >= 11 is 13.6. The van der Waals surface area contributed by atoms with E-state index in [2.05, 4.69) is 25.6 Å². The maximum absolute atomic E-state index is 12.6. The van der Waals surface area contributed by atoms with E-state index in [0.717, 1.165) is 28.3 Å². The molecule has 0 aliphatic rings. The van der Waals surface area contributed by atoms with Gasteiger partial charge < -0.3 is 5.32 Å². The molecule has 1 amide bonds. The lowest BCUT2D eigenvalue weighted by Crippen LogP contribution is -2.15. The average Bonchev–Trinajstić information content (AvgIpc) is 3.31. The van der Waals surface area contributed by atoms with Crippen molar-refractivity contribution in [2.75, 3.05) is 11.1 Å². The number of amides is 1. The highest BCUT2D eigenvalue weighted by Gasteiger charge is 2.19. The summed E-state index contributed by atoms with van der Waals surface area (Å²) in [6, 6.07) is 8.98. The number of benzene rings is 1. The van der Waals surface area contributed by atoms with E-state index in [0.29, 0.717) is 21.0 Å². The van der Waals surface area contributed by atoms with E-state index < -0.39 is 0 Å². The van der Waals surface area contributed by atoms with E-state index in [-0.39, 0.29) is 11.7 Å². The number of aryl methyl sites for hydroxylation is 2. The molecule has 0 fully saturated rings. The second-order valence-corrected chi connectivity index (χ2v) is 8.74. The van der Waals surface area contributed by atoms with Crippen LogP contribution in [0.25, 0.3) is 17.1 Å². The van der Waals surface area contributed by atoms with Crippen molar-refractivity contribution < 1.29 is 4.79 Å². The monoisotopic (exact) mass is 487 g/mol. The Kier molecular flexibility index (Phi) is 6.50. The molecule has 8 nitrogen and oxygen atoms in total. The van der Waals surface area contributed by atoms with Gasteiger partial charge >= 0.3 is 0 Å². The van der Waals surface area contributed by atoms with Gasteiger partial charge in [0.2, 0.25) is 5.91 Å². The maximum atomic E-state index is 12.6. The van der Waals surface area contributed by atoms with E-state index >= 15 is 0 Å². The summed E-state index contributed by atoms with van der Waals surface area (Å²) in [6.45, 7) is 3.76. The number of carbonyl (C=O) groups is 1. The fourth-order valence-electron chi connectivity index (χ4n) is 3.16. The number of hydrogen-bond donors (Lipinski definition) is 1. The molecule has 0 atom stereocenters. The van der Waals surface area contributed by atoms with Gasteiger partial charge in [0, 0.05) is 25.0 Å². The first-order valence-electron chi connectivity index (χ1n) is 9.59. The molecule has 3 heterocycles. The summed E-state index contributed by atoms with van der Waals surface area (Å²) in [5.74, 6) is 0.555. The van der Waals surface area contributed by atoms with Crippen LogP contribution in [0, 0.1) is 13.8 Å². The molecule has 4 aromatic rings. The maximum Gasteiger partial charge on any atom is 0.234 e. The lowest BCUT2D eigenvalue weighted by atomic mass is 10.2. The average molecular weight is 488 g/mol. The Bertz CT molecular complexity index is 1290. The van der Waals surface area contributed by atoms with Gasteiger partial charge in [-0.05, 0) is 44.2 Å². The summed E-state index contributed by atoms with van der Waals surface area (Å²) in [7, 11) is 1.84. The standard InChI is InChI=1S/C21H19Cl2N7OS/c1-12-19(13(2)29(3)28-12)25-18(31)11-32-21-27-26-20(14-5-4-8-24-10-14)30(21)15-6-7-16(22)17(23)9-15/h4-10H,11H2,1-3H3,(H,25,31). The fraction of sp³-hybridized carbons (Fsp3) is 0.190. The van der Waals surface area contributed by atoms with Crippen LogP contribution in [0.1, 0.15) is 11.4 Å². The number of thioether (sulfide) groups is 1. The van der Waals surface area contributed by atoms with Crippen molar-refractivity contribution >= 4 is 46.6 Å². The zero-order valence-electron chi connectivity index (χ0n) is 17.5. The summed E-state index contributed by atoms with van der Waals surface area (Å²) in [4.78, 5) is 16.8. The predicted molar refractivity (Wildman–Crippen MR) is 127 cm³/mol. The van der Waals surface area contributed by atoms with Gasteiger partial charge in [0.25, 0.3) is 0 Å². The number of hydrogen-bond acceptors (Lipinski definition) is 6. The smallest absolute Gasteiger partial charge is 0.234 e. The minimum atomic E-state index is -0.166. The van der Waals surface area contributed by atoms with Crippen LogP contribution in [-0.4, -0.2) is 41.2 Å². The fourth-order valence-corrected chi connectivity index (χ4v) is 4.21. The van der Waals surface area contributed by atoms with Crippen molar-refractivity contribution in [3.8, 4) is 17.1 Å². The third-order valence-electron chi connectivity index (χ3n) is 4.82. The molecule has 0 aliphatic carbocycles. The molecule has 0 saturated heterocycles. The number of anilines is 1. The molecule has 1 N–H and O–H groups in total. The van der Waals surface area contributed by atoms with Crippen LogP contribution >= 0.6 is 35.0 Å². The Morgan fingerprint density at radius 3 is 2.62 bits per heavy atom. The Labute approximate surface area is 199 Å². The van der Waals surface area contributed by atoms with Crippen molar-refractivity contribution in [1.29, 1.82) is 0 Å². The minimum absolute atomic E-state index is 0.139. The highest BCUT2D eigenvalue weighted by molar-refractivity contribution is 7.99. The third-order valence-corrected chi connectivity index (χ3v) is 6.49. The second-order valence-electron chi connectivity index (χ2n) is 6.99. The van der Waals surface area contributed by atoms with E-state index in [1.54, 1.807) is 29.2 Å². The summed E-state index contributed by atoms with van der Waals surface area (Å²) in [6.07, 6.45) is 3.39. The molecule has 0 bridgehead atoms. The number of pyridine rings is 1. The predicted octanol–water partition coefficient (Wildman–Crippen LogP) is 4.72. The van der Waals surface area contributed by atoms with Crippen molar-refractivity contribution in [3.05, 3.63) is 64.2 Å². The lowest BCUT2D eigenvalue weighted by Gasteiger charge is -2.11. The zero-order chi connectivity index (χ0) is 22.8. The Hall–Kier alpha value is -2.88. The van der Waals surface area contributed by atoms with Crippen LogP contribution in [0.5, 0.6) is 0 Å². The molecule has 1 aromatic carbocycles. The van der Waals surface area contributed by atoms with Gasteiger partial charge in [0.15, 0.2) is 11.0 Å². The molecule has 164 valence electrons. The van der Waals surface area contributed by atoms with Gasteiger partial charge in [0.05, 0.1) is 38.6 Å². The van der Waals surface area contributed by atoms with Crippen LogP contribution in [0.3, 0.4) is 0 Å². The van der Waals surface area contributed by atoms with Crippen LogP contribution < -0.4 is 5.32 Å². The van der Waals surface area contributed by atoms with E-state index in [9.17, 15) is 4.79 Å². The molecule has 0 saturated carbocycles. The Morgan fingerprint density at radius 1 is 1.16 bits per heavy atom. The summed E-state index contributed by atoms with van der Waals surface area (Å²) in [5.41, 5.74) is 3.88. The van der Waals surface area contributed by atoms with Crippen molar-refractivity contribution in [1.82, 2.24) is 29.5 Å². The summed E-state index contributed by atoms with van der Waals surface area (Å²) < 4.78 is 3.57. The molecule has 4 rings (SSSR count). The van der Waals surface area contributed by atoms with Crippen molar-refractivity contribution in [3.63, 3.8) is 0 Å². The number of halogens is 2. The number of aromatic nitrogens is 6. The Morgan fingerprint density at radius 2 is 1.97 bits per heavy atom. The molecule has 3 aromatic heterocycles. The van der Waals surface area contributed by atoms with Gasteiger partial charge in [-0.25, -0.2) is 0 Å². The molecule has 0 unspecified atom stereocenters. The molecule has 0 spiro atoms. The summed E-state index contributed by atoms with van der Waals surface area (Å²) in [5, 5.41) is 17.3. The molecule has 11 heteroatoms. The van der Waals surface area contributed by atoms with Crippen molar-refractivity contribution in [2.24, 2.45) is 7.05 Å². The number of carbonyl (C=O) groups excluding carboxylic acids is 1. The van der Waals surface area contributed by atoms with Gasteiger partial charge in [-0.15, -0.1) is 10.2 Å². The van der Waals surface area contributed by atoms with Gasteiger partial charge in [-0.1, -0.05) is 35.0 Å². The number of nitrogens with zero attached hydrogens (tertiary/aromatic N) is 6.